The Hall–Kier alpha value is -2.14. The highest BCUT2D eigenvalue weighted by Crippen LogP contribution is 2.53. The molecule has 114 valence electrons. The molecule has 1 N–H and O–H groups in total. The first-order valence-electron chi connectivity index (χ1n) is 7.49. The van der Waals surface area contributed by atoms with Crippen molar-refractivity contribution >= 4 is 11.9 Å². The monoisotopic (exact) mass is 299 g/mol. The summed E-state index contributed by atoms with van der Waals surface area (Å²) in [6.45, 7) is 2.39. The van der Waals surface area contributed by atoms with E-state index in [0.717, 1.165) is 5.56 Å². The highest BCUT2D eigenvalue weighted by atomic mass is 16.5. The van der Waals surface area contributed by atoms with Crippen molar-refractivity contribution in [3.8, 4) is 0 Å². The summed E-state index contributed by atoms with van der Waals surface area (Å²) in [6, 6.07) is 9.67. The summed E-state index contributed by atoms with van der Waals surface area (Å²) in [5, 5.41) is 9.45. The van der Waals surface area contributed by atoms with Crippen LogP contribution in [-0.4, -0.2) is 40.1 Å². The van der Waals surface area contributed by atoms with Crippen LogP contribution in [0.3, 0.4) is 0 Å². The van der Waals surface area contributed by atoms with Crippen LogP contribution >= 0.6 is 0 Å². The van der Waals surface area contributed by atoms with E-state index in [1.54, 1.807) is 11.0 Å². The van der Waals surface area contributed by atoms with Crippen LogP contribution in [-0.2, 0) is 14.3 Å². The molecule has 2 saturated heterocycles. The van der Waals surface area contributed by atoms with E-state index in [4.69, 9.17) is 4.74 Å². The van der Waals surface area contributed by atoms with Crippen molar-refractivity contribution in [1.82, 2.24) is 4.90 Å². The van der Waals surface area contributed by atoms with Gasteiger partial charge in [-0.3, -0.25) is 9.59 Å². The van der Waals surface area contributed by atoms with E-state index in [1.165, 1.54) is 0 Å². The molecule has 5 heteroatoms. The Bertz CT molecular complexity index is 670. The van der Waals surface area contributed by atoms with Crippen molar-refractivity contribution in [2.75, 3.05) is 6.54 Å². The van der Waals surface area contributed by atoms with E-state index in [9.17, 15) is 14.7 Å². The minimum Gasteiger partial charge on any atom is -0.481 e. The molecule has 4 rings (SSSR count). The first-order valence-corrected chi connectivity index (χ1v) is 7.49. The normalized spacial score (nSPS) is 36.7. The molecule has 2 bridgehead atoms. The third kappa shape index (κ3) is 1.63. The van der Waals surface area contributed by atoms with E-state index >= 15 is 0 Å². The Labute approximate surface area is 128 Å². The van der Waals surface area contributed by atoms with Crippen LogP contribution < -0.4 is 0 Å². The SMILES string of the molecule is C[C@@H](c1ccccc1)N1C[C@@]23C=C[C@H](O2)[C@H](C(=O)O)[C@@H]3C1=O. The maximum absolute atomic E-state index is 12.8. The van der Waals surface area contributed by atoms with Gasteiger partial charge in [-0.05, 0) is 12.5 Å². The molecule has 0 aromatic heterocycles. The first-order chi connectivity index (χ1) is 10.5. The van der Waals surface area contributed by atoms with Crippen LogP contribution in [0.1, 0.15) is 18.5 Å². The summed E-state index contributed by atoms with van der Waals surface area (Å²) < 4.78 is 5.89. The third-order valence-electron chi connectivity index (χ3n) is 5.16. The summed E-state index contributed by atoms with van der Waals surface area (Å²) in [5.41, 5.74) is 0.283. The molecule has 0 aliphatic carbocycles. The number of hydrogen-bond acceptors (Lipinski definition) is 3. The number of aliphatic carboxylic acids is 1. The van der Waals surface area contributed by atoms with Crippen LogP contribution in [0.15, 0.2) is 42.5 Å². The maximum Gasteiger partial charge on any atom is 0.310 e. The van der Waals surface area contributed by atoms with Crippen LogP contribution in [0.5, 0.6) is 0 Å². The second-order valence-corrected chi connectivity index (χ2v) is 6.29. The zero-order chi connectivity index (χ0) is 15.5. The van der Waals surface area contributed by atoms with Crippen LogP contribution in [0.4, 0.5) is 0 Å². The molecular formula is C17H17NO4. The molecule has 5 atom stereocenters. The fourth-order valence-corrected chi connectivity index (χ4v) is 4.05. The molecule has 2 fully saturated rings. The minimum atomic E-state index is -0.955. The summed E-state index contributed by atoms with van der Waals surface area (Å²) in [6.07, 6.45) is 3.21. The molecule has 0 saturated carbocycles. The first kappa shape index (κ1) is 13.5. The Morgan fingerprint density at radius 1 is 1.41 bits per heavy atom. The number of carboxylic acids is 1. The van der Waals surface area contributed by atoms with Crippen LogP contribution in [0, 0.1) is 11.8 Å². The van der Waals surface area contributed by atoms with Gasteiger partial charge in [0, 0.05) is 0 Å². The van der Waals surface area contributed by atoms with Crippen molar-refractivity contribution in [2.24, 2.45) is 11.8 Å². The number of ether oxygens (including phenoxy) is 1. The number of rotatable bonds is 3. The lowest BCUT2D eigenvalue weighted by Gasteiger charge is -2.27. The van der Waals surface area contributed by atoms with Gasteiger partial charge in [-0.15, -0.1) is 0 Å². The summed E-state index contributed by atoms with van der Waals surface area (Å²) >= 11 is 0. The van der Waals surface area contributed by atoms with Gasteiger partial charge in [-0.2, -0.15) is 0 Å². The minimum absolute atomic E-state index is 0.0980. The van der Waals surface area contributed by atoms with E-state index in [2.05, 4.69) is 0 Å². The molecule has 0 radical (unpaired) electrons. The number of nitrogens with zero attached hydrogens (tertiary/aromatic N) is 1. The number of carbonyl (C=O) groups is 2. The Morgan fingerprint density at radius 3 is 2.82 bits per heavy atom. The van der Waals surface area contributed by atoms with E-state index in [-0.39, 0.29) is 11.9 Å². The third-order valence-corrected chi connectivity index (χ3v) is 5.16. The number of likely N-dealkylation sites (tertiary alicyclic amines) is 1. The van der Waals surface area contributed by atoms with Gasteiger partial charge in [0.1, 0.15) is 11.5 Å². The largest absolute Gasteiger partial charge is 0.481 e. The fraction of sp³-hybridized carbons (Fsp3) is 0.412. The van der Waals surface area contributed by atoms with Gasteiger partial charge in [0.2, 0.25) is 5.91 Å². The number of hydrogen-bond donors (Lipinski definition) is 1. The second-order valence-electron chi connectivity index (χ2n) is 6.29. The number of carbonyl (C=O) groups excluding carboxylic acids is 1. The Kier molecular flexibility index (Phi) is 2.72. The summed E-state index contributed by atoms with van der Waals surface area (Å²) in [5.74, 6) is -2.45. The smallest absolute Gasteiger partial charge is 0.310 e. The lowest BCUT2D eigenvalue weighted by Crippen LogP contribution is -2.39. The van der Waals surface area contributed by atoms with Gasteiger partial charge in [0.15, 0.2) is 0 Å². The molecular weight excluding hydrogens is 282 g/mol. The Morgan fingerprint density at radius 2 is 2.14 bits per heavy atom. The molecule has 1 aromatic rings. The molecule has 22 heavy (non-hydrogen) atoms. The molecule has 3 aliphatic rings. The van der Waals surface area contributed by atoms with Crippen molar-refractivity contribution in [2.45, 2.75) is 24.7 Å². The van der Waals surface area contributed by atoms with Crippen molar-refractivity contribution < 1.29 is 19.4 Å². The van der Waals surface area contributed by atoms with Crippen molar-refractivity contribution in [3.05, 3.63) is 48.0 Å². The highest BCUT2D eigenvalue weighted by Gasteiger charge is 2.67. The van der Waals surface area contributed by atoms with E-state index < -0.39 is 29.5 Å². The molecule has 1 amide bonds. The number of amides is 1. The quantitative estimate of drug-likeness (QED) is 0.861. The van der Waals surface area contributed by atoms with Crippen molar-refractivity contribution in [1.29, 1.82) is 0 Å². The van der Waals surface area contributed by atoms with E-state index in [1.807, 2.05) is 43.3 Å². The van der Waals surface area contributed by atoms with Crippen LogP contribution in [0.2, 0.25) is 0 Å². The standard InChI is InChI=1S/C17H17NO4/c1-10(11-5-3-2-4-6-11)18-9-17-8-7-12(22-17)13(16(20)21)14(17)15(18)19/h2-8,10,12-14H,9H2,1H3,(H,20,21)/t10-,12-,13-,14+,17+/m0/s1. The number of benzene rings is 1. The zero-order valence-corrected chi connectivity index (χ0v) is 12.2. The van der Waals surface area contributed by atoms with Gasteiger partial charge in [0.25, 0.3) is 0 Å². The van der Waals surface area contributed by atoms with Gasteiger partial charge < -0.3 is 14.7 Å². The molecule has 3 aliphatic heterocycles. The predicted octanol–water partition coefficient (Wildman–Crippen LogP) is 1.61. The van der Waals surface area contributed by atoms with Gasteiger partial charge in [-0.1, -0.05) is 42.5 Å². The molecule has 1 spiro atoms. The average molecular weight is 299 g/mol. The number of carboxylic acid groups (broad SMARTS) is 1. The molecule has 5 nitrogen and oxygen atoms in total. The zero-order valence-electron chi connectivity index (χ0n) is 12.2. The van der Waals surface area contributed by atoms with Gasteiger partial charge in [0.05, 0.1) is 24.6 Å². The fourth-order valence-electron chi connectivity index (χ4n) is 4.05. The summed E-state index contributed by atoms with van der Waals surface area (Å²) in [7, 11) is 0. The second kappa shape index (κ2) is 4.43. The maximum atomic E-state index is 12.8. The molecule has 0 unspecified atom stereocenters. The highest BCUT2D eigenvalue weighted by molar-refractivity contribution is 5.91. The lowest BCUT2D eigenvalue weighted by molar-refractivity contribution is -0.148. The Balaban J connectivity index is 1.68. The van der Waals surface area contributed by atoms with Gasteiger partial charge >= 0.3 is 5.97 Å². The lowest BCUT2D eigenvalue weighted by atomic mass is 9.77. The topological polar surface area (TPSA) is 66.8 Å². The predicted molar refractivity (Wildman–Crippen MR) is 77.9 cm³/mol. The number of fused-ring (bicyclic) bond motifs is 1. The van der Waals surface area contributed by atoms with Crippen LogP contribution in [0.25, 0.3) is 0 Å². The van der Waals surface area contributed by atoms with Gasteiger partial charge in [-0.25, -0.2) is 0 Å². The molecule has 1 aromatic carbocycles. The van der Waals surface area contributed by atoms with Crippen molar-refractivity contribution in [3.63, 3.8) is 0 Å². The molecule has 3 heterocycles. The van der Waals surface area contributed by atoms with E-state index in [0.29, 0.717) is 6.54 Å². The average Bonchev–Trinajstić information content (AvgIpc) is 3.15. The summed E-state index contributed by atoms with van der Waals surface area (Å²) in [4.78, 5) is 26.1.